The molecule has 0 radical (unpaired) electrons. The number of amides is 1. The van der Waals surface area contributed by atoms with Gasteiger partial charge in [-0.25, -0.2) is 4.98 Å². The number of nitrogens with zero attached hydrogens (tertiary/aromatic N) is 2. The highest BCUT2D eigenvalue weighted by Crippen LogP contribution is 2.18. The van der Waals surface area contributed by atoms with Crippen molar-refractivity contribution in [2.75, 3.05) is 29.6 Å². The van der Waals surface area contributed by atoms with Crippen LogP contribution >= 0.6 is 0 Å². The van der Waals surface area contributed by atoms with Gasteiger partial charge in [-0.15, -0.1) is 0 Å². The van der Waals surface area contributed by atoms with Crippen LogP contribution in [0, 0.1) is 0 Å². The van der Waals surface area contributed by atoms with Crippen molar-refractivity contribution in [3.05, 3.63) is 48.2 Å². The van der Waals surface area contributed by atoms with Crippen molar-refractivity contribution in [3.8, 4) is 0 Å². The maximum absolute atomic E-state index is 11.2. The van der Waals surface area contributed by atoms with Gasteiger partial charge in [-0.1, -0.05) is 18.2 Å². The minimum absolute atomic E-state index is 0.0700. The molecule has 0 saturated carbocycles. The molecule has 0 saturated heterocycles. The van der Waals surface area contributed by atoms with E-state index in [9.17, 15) is 4.79 Å². The van der Waals surface area contributed by atoms with Crippen LogP contribution in [-0.2, 0) is 11.3 Å². The topological polar surface area (TPSA) is 57.3 Å². The number of hydrogen-bond acceptors (Lipinski definition) is 4. The summed E-state index contributed by atoms with van der Waals surface area (Å²) >= 11 is 0. The Labute approximate surface area is 125 Å². The molecule has 1 amide bonds. The lowest BCUT2D eigenvalue weighted by Crippen LogP contribution is -2.11. The first-order chi connectivity index (χ1) is 10.1. The zero-order valence-electron chi connectivity index (χ0n) is 12.6. The summed E-state index contributed by atoms with van der Waals surface area (Å²) in [7, 11) is 3.91. The maximum Gasteiger partial charge on any atom is 0.221 e. The van der Waals surface area contributed by atoms with E-state index in [4.69, 9.17) is 0 Å². The van der Waals surface area contributed by atoms with Gasteiger partial charge in [-0.3, -0.25) is 4.79 Å². The first-order valence-corrected chi connectivity index (χ1v) is 6.79. The van der Waals surface area contributed by atoms with Crippen molar-refractivity contribution in [2.45, 2.75) is 13.5 Å². The molecule has 0 aliphatic rings. The summed E-state index contributed by atoms with van der Waals surface area (Å²) in [6, 6.07) is 11.7. The molecule has 21 heavy (non-hydrogen) atoms. The van der Waals surface area contributed by atoms with Gasteiger partial charge in [-0.05, 0) is 23.8 Å². The number of nitrogens with one attached hydrogen (secondary N) is 2. The summed E-state index contributed by atoms with van der Waals surface area (Å²) in [6.45, 7) is 2.13. The van der Waals surface area contributed by atoms with E-state index in [1.54, 1.807) is 6.20 Å². The van der Waals surface area contributed by atoms with Crippen LogP contribution in [0.4, 0.5) is 17.2 Å². The summed E-state index contributed by atoms with van der Waals surface area (Å²) in [5, 5.41) is 6.14. The van der Waals surface area contributed by atoms with E-state index in [1.807, 2.05) is 55.4 Å². The van der Waals surface area contributed by atoms with Crippen LogP contribution in [-0.4, -0.2) is 25.0 Å². The van der Waals surface area contributed by atoms with Gasteiger partial charge < -0.3 is 15.5 Å². The smallest absolute Gasteiger partial charge is 0.221 e. The number of para-hydroxylation sites is 1. The quantitative estimate of drug-likeness (QED) is 0.886. The molecule has 2 N–H and O–H groups in total. The fourth-order valence-electron chi connectivity index (χ4n) is 1.94. The Kier molecular flexibility index (Phi) is 4.77. The number of pyridine rings is 1. The number of hydrogen-bond donors (Lipinski definition) is 2. The molecule has 0 bridgehead atoms. The molecule has 2 rings (SSSR count). The first-order valence-electron chi connectivity index (χ1n) is 6.79. The third-order valence-electron chi connectivity index (χ3n) is 3.02. The van der Waals surface area contributed by atoms with Gasteiger partial charge in [0.05, 0.1) is 11.9 Å². The summed E-state index contributed by atoms with van der Waals surface area (Å²) < 4.78 is 0. The molecule has 0 spiro atoms. The highest BCUT2D eigenvalue weighted by atomic mass is 16.1. The summed E-state index contributed by atoms with van der Waals surface area (Å²) in [5.41, 5.74) is 2.80. The van der Waals surface area contributed by atoms with Gasteiger partial charge in [-0.2, -0.15) is 0 Å². The van der Waals surface area contributed by atoms with Crippen molar-refractivity contribution < 1.29 is 4.79 Å². The van der Waals surface area contributed by atoms with Crippen LogP contribution in [0.1, 0.15) is 12.5 Å². The van der Waals surface area contributed by atoms with Crippen LogP contribution in [0.25, 0.3) is 0 Å². The number of benzene rings is 1. The number of carbonyl (C=O) groups excluding carboxylic acids is 1. The molecule has 0 aliphatic heterocycles. The van der Waals surface area contributed by atoms with Gasteiger partial charge >= 0.3 is 0 Å². The van der Waals surface area contributed by atoms with E-state index in [0.29, 0.717) is 6.54 Å². The van der Waals surface area contributed by atoms with Gasteiger partial charge in [0.2, 0.25) is 5.91 Å². The minimum atomic E-state index is -0.0700. The SMILES string of the molecule is CC(=O)Nc1ccccc1CNc1ccc(N(C)C)nc1. The molecular formula is C16H20N4O. The monoisotopic (exact) mass is 284 g/mol. The molecule has 0 atom stereocenters. The van der Waals surface area contributed by atoms with Crippen molar-refractivity contribution in [1.82, 2.24) is 4.98 Å². The van der Waals surface area contributed by atoms with Gasteiger partial charge in [0.1, 0.15) is 5.82 Å². The lowest BCUT2D eigenvalue weighted by atomic mass is 10.1. The van der Waals surface area contributed by atoms with E-state index < -0.39 is 0 Å². The molecule has 2 aromatic rings. The average Bonchev–Trinajstić information content (AvgIpc) is 2.46. The van der Waals surface area contributed by atoms with E-state index in [2.05, 4.69) is 15.6 Å². The number of rotatable bonds is 5. The highest BCUT2D eigenvalue weighted by Gasteiger charge is 2.03. The van der Waals surface area contributed by atoms with E-state index in [-0.39, 0.29) is 5.91 Å². The number of aromatic nitrogens is 1. The Hall–Kier alpha value is -2.56. The second-order valence-corrected chi connectivity index (χ2v) is 4.99. The number of anilines is 3. The molecule has 0 aliphatic carbocycles. The van der Waals surface area contributed by atoms with E-state index >= 15 is 0 Å². The summed E-state index contributed by atoms with van der Waals surface area (Å²) in [6.07, 6.45) is 1.80. The molecule has 0 fully saturated rings. The van der Waals surface area contributed by atoms with Gasteiger partial charge in [0, 0.05) is 33.3 Å². The molecule has 5 heteroatoms. The molecule has 1 aromatic carbocycles. The normalized spacial score (nSPS) is 10.0. The van der Waals surface area contributed by atoms with Crippen molar-refractivity contribution in [2.24, 2.45) is 0 Å². The number of carbonyl (C=O) groups is 1. The average molecular weight is 284 g/mol. The molecule has 1 aromatic heterocycles. The van der Waals surface area contributed by atoms with Crippen LogP contribution in [0.3, 0.4) is 0 Å². The summed E-state index contributed by atoms with van der Waals surface area (Å²) in [5.74, 6) is 0.846. The van der Waals surface area contributed by atoms with Crippen LogP contribution in [0.15, 0.2) is 42.6 Å². The minimum Gasteiger partial charge on any atom is -0.380 e. The van der Waals surface area contributed by atoms with E-state index in [0.717, 1.165) is 22.8 Å². The molecule has 1 heterocycles. The Morgan fingerprint density at radius 3 is 2.57 bits per heavy atom. The lowest BCUT2D eigenvalue weighted by Gasteiger charge is -2.13. The van der Waals surface area contributed by atoms with Crippen LogP contribution in [0.5, 0.6) is 0 Å². The Balaban J connectivity index is 2.04. The zero-order valence-corrected chi connectivity index (χ0v) is 12.6. The predicted molar refractivity (Wildman–Crippen MR) is 86.6 cm³/mol. The fourth-order valence-corrected chi connectivity index (χ4v) is 1.94. The standard InChI is InChI=1S/C16H20N4O/c1-12(21)19-15-7-5-4-6-13(15)10-17-14-8-9-16(18-11-14)20(2)3/h4-9,11,17H,10H2,1-3H3,(H,19,21). The van der Waals surface area contributed by atoms with Gasteiger partial charge in [0.25, 0.3) is 0 Å². The van der Waals surface area contributed by atoms with Crippen LogP contribution in [0.2, 0.25) is 0 Å². The Morgan fingerprint density at radius 1 is 1.19 bits per heavy atom. The van der Waals surface area contributed by atoms with E-state index in [1.165, 1.54) is 6.92 Å². The molecular weight excluding hydrogens is 264 g/mol. The third kappa shape index (κ3) is 4.21. The predicted octanol–water partition coefficient (Wildman–Crippen LogP) is 2.72. The second kappa shape index (κ2) is 6.74. The molecule has 5 nitrogen and oxygen atoms in total. The first kappa shape index (κ1) is 14.8. The van der Waals surface area contributed by atoms with Crippen molar-refractivity contribution >= 4 is 23.1 Å². The van der Waals surface area contributed by atoms with Crippen LogP contribution < -0.4 is 15.5 Å². The van der Waals surface area contributed by atoms with Gasteiger partial charge in [0.15, 0.2) is 0 Å². The fraction of sp³-hybridized carbons (Fsp3) is 0.250. The highest BCUT2D eigenvalue weighted by molar-refractivity contribution is 5.89. The summed E-state index contributed by atoms with van der Waals surface area (Å²) in [4.78, 5) is 17.5. The third-order valence-corrected chi connectivity index (χ3v) is 3.02. The van der Waals surface area contributed by atoms with Crippen molar-refractivity contribution in [1.29, 1.82) is 0 Å². The zero-order chi connectivity index (χ0) is 15.2. The lowest BCUT2D eigenvalue weighted by molar-refractivity contribution is -0.114. The van der Waals surface area contributed by atoms with Crippen molar-refractivity contribution in [3.63, 3.8) is 0 Å². The second-order valence-electron chi connectivity index (χ2n) is 4.99. The maximum atomic E-state index is 11.2. The molecule has 110 valence electrons. The Bertz CT molecular complexity index is 608. The molecule has 0 unspecified atom stereocenters. The Morgan fingerprint density at radius 2 is 1.95 bits per heavy atom. The largest absolute Gasteiger partial charge is 0.380 e.